The van der Waals surface area contributed by atoms with Crippen LogP contribution in [0.1, 0.15) is 15.9 Å². The predicted molar refractivity (Wildman–Crippen MR) is 79.4 cm³/mol. The van der Waals surface area contributed by atoms with Crippen molar-refractivity contribution in [3.8, 4) is 0 Å². The Morgan fingerprint density at radius 3 is 2.55 bits per heavy atom. The molecule has 0 aliphatic carbocycles. The minimum Gasteiger partial charge on any atom is -0.478 e. The van der Waals surface area contributed by atoms with Crippen LogP contribution in [0.15, 0.2) is 41.3 Å². The molecule has 1 N–H and O–H groups in total. The van der Waals surface area contributed by atoms with E-state index >= 15 is 0 Å². The first-order valence-corrected chi connectivity index (χ1v) is 7.31. The molecule has 0 saturated carbocycles. The maximum Gasteiger partial charge on any atom is 0.335 e. The van der Waals surface area contributed by atoms with E-state index in [1.807, 2.05) is 0 Å². The van der Waals surface area contributed by atoms with Gasteiger partial charge >= 0.3 is 5.97 Å². The van der Waals surface area contributed by atoms with Crippen molar-refractivity contribution in [3.63, 3.8) is 0 Å². The standard InChI is InChI=1S/C14H9Cl2FO2S/c15-11-3-2-10(6-12(11)16)20-7-9-5-8(14(18)19)1-4-13(9)17/h1-6H,7H2,(H,18,19). The van der Waals surface area contributed by atoms with Gasteiger partial charge in [0.2, 0.25) is 0 Å². The van der Waals surface area contributed by atoms with Crippen molar-refractivity contribution in [3.05, 3.63) is 63.4 Å². The van der Waals surface area contributed by atoms with Crippen LogP contribution in [0.5, 0.6) is 0 Å². The van der Waals surface area contributed by atoms with Gasteiger partial charge in [-0.25, -0.2) is 9.18 Å². The highest BCUT2D eigenvalue weighted by Crippen LogP contribution is 2.30. The molecule has 0 aliphatic rings. The topological polar surface area (TPSA) is 37.3 Å². The van der Waals surface area contributed by atoms with E-state index in [-0.39, 0.29) is 5.56 Å². The smallest absolute Gasteiger partial charge is 0.335 e. The molecular formula is C14H9Cl2FO2S. The van der Waals surface area contributed by atoms with Gasteiger partial charge in [0.1, 0.15) is 5.82 Å². The van der Waals surface area contributed by atoms with Crippen molar-refractivity contribution in [2.75, 3.05) is 0 Å². The summed E-state index contributed by atoms with van der Waals surface area (Å²) in [6, 6.07) is 8.86. The molecule has 20 heavy (non-hydrogen) atoms. The Morgan fingerprint density at radius 2 is 1.90 bits per heavy atom. The second-order valence-electron chi connectivity index (χ2n) is 3.98. The van der Waals surface area contributed by atoms with Gasteiger partial charge in [0.25, 0.3) is 0 Å². The summed E-state index contributed by atoms with van der Waals surface area (Å²) in [7, 11) is 0. The number of benzene rings is 2. The molecule has 0 fully saturated rings. The molecule has 0 amide bonds. The van der Waals surface area contributed by atoms with Gasteiger partial charge < -0.3 is 5.11 Å². The number of aromatic carboxylic acids is 1. The first-order chi connectivity index (χ1) is 9.47. The molecule has 0 atom stereocenters. The van der Waals surface area contributed by atoms with E-state index in [2.05, 4.69) is 0 Å². The van der Waals surface area contributed by atoms with Gasteiger partial charge in [-0.1, -0.05) is 23.2 Å². The number of hydrogen-bond acceptors (Lipinski definition) is 2. The fraction of sp³-hybridized carbons (Fsp3) is 0.0714. The minimum atomic E-state index is -1.08. The van der Waals surface area contributed by atoms with Crippen LogP contribution in [0.2, 0.25) is 10.0 Å². The second-order valence-corrected chi connectivity index (χ2v) is 5.84. The third-order valence-corrected chi connectivity index (χ3v) is 4.36. The zero-order chi connectivity index (χ0) is 14.7. The van der Waals surface area contributed by atoms with Crippen LogP contribution in [0.4, 0.5) is 4.39 Å². The van der Waals surface area contributed by atoms with Crippen molar-refractivity contribution in [2.24, 2.45) is 0 Å². The van der Waals surface area contributed by atoms with Gasteiger partial charge in [-0.3, -0.25) is 0 Å². The molecule has 6 heteroatoms. The van der Waals surface area contributed by atoms with Gasteiger partial charge in [-0.15, -0.1) is 11.8 Å². The molecule has 2 rings (SSSR count). The molecule has 2 aromatic carbocycles. The highest BCUT2D eigenvalue weighted by molar-refractivity contribution is 7.98. The molecule has 2 aromatic rings. The van der Waals surface area contributed by atoms with Gasteiger partial charge in [-0.05, 0) is 42.0 Å². The van der Waals surface area contributed by atoms with Crippen LogP contribution in [0.25, 0.3) is 0 Å². The SMILES string of the molecule is O=C(O)c1ccc(F)c(CSc2ccc(Cl)c(Cl)c2)c1. The van der Waals surface area contributed by atoms with E-state index in [0.29, 0.717) is 21.4 Å². The van der Waals surface area contributed by atoms with Crippen LogP contribution in [0.3, 0.4) is 0 Å². The van der Waals surface area contributed by atoms with Crippen molar-refractivity contribution in [2.45, 2.75) is 10.6 Å². The Kier molecular flexibility index (Phi) is 4.91. The molecule has 104 valence electrons. The molecular weight excluding hydrogens is 322 g/mol. The van der Waals surface area contributed by atoms with Gasteiger partial charge in [-0.2, -0.15) is 0 Å². The molecule has 0 bridgehead atoms. The third kappa shape index (κ3) is 3.66. The summed E-state index contributed by atoms with van der Waals surface area (Å²) in [4.78, 5) is 11.7. The number of rotatable bonds is 4. The number of thioether (sulfide) groups is 1. The van der Waals surface area contributed by atoms with E-state index in [1.165, 1.54) is 23.9 Å². The quantitative estimate of drug-likeness (QED) is 0.790. The van der Waals surface area contributed by atoms with Crippen LogP contribution >= 0.6 is 35.0 Å². The first kappa shape index (κ1) is 15.2. The molecule has 0 spiro atoms. The average Bonchev–Trinajstić information content (AvgIpc) is 2.41. The van der Waals surface area contributed by atoms with Crippen LogP contribution in [0, 0.1) is 5.82 Å². The normalized spacial score (nSPS) is 10.6. The van der Waals surface area contributed by atoms with Crippen LogP contribution in [-0.2, 0) is 5.75 Å². The fourth-order valence-electron chi connectivity index (χ4n) is 1.55. The summed E-state index contributed by atoms with van der Waals surface area (Å²) < 4.78 is 13.6. The summed E-state index contributed by atoms with van der Waals surface area (Å²) in [6.07, 6.45) is 0. The Bertz CT molecular complexity index is 662. The predicted octanol–water partition coefficient (Wildman–Crippen LogP) is 5.12. The lowest BCUT2D eigenvalue weighted by molar-refractivity contribution is 0.0696. The molecule has 0 heterocycles. The minimum absolute atomic E-state index is 0.0659. The van der Waals surface area contributed by atoms with E-state index in [0.717, 1.165) is 11.0 Å². The number of halogens is 3. The number of hydrogen-bond donors (Lipinski definition) is 1. The lowest BCUT2D eigenvalue weighted by Crippen LogP contribution is -1.99. The van der Waals surface area contributed by atoms with Crippen molar-refractivity contribution in [1.29, 1.82) is 0 Å². The monoisotopic (exact) mass is 330 g/mol. The Labute approximate surface area is 129 Å². The van der Waals surface area contributed by atoms with Crippen molar-refractivity contribution in [1.82, 2.24) is 0 Å². The molecule has 0 aromatic heterocycles. The number of carbonyl (C=O) groups is 1. The zero-order valence-corrected chi connectivity index (χ0v) is 12.4. The van der Waals surface area contributed by atoms with Crippen LogP contribution in [-0.4, -0.2) is 11.1 Å². The Balaban J connectivity index is 2.15. The van der Waals surface area contributed by atoms with E-state index in [1.54, 1.807) is 18.2 Å². The second kappa shape index (κ2) is 6.48. The lowest BCUT2D eigenvalue weighted by Gasteiger charge is -2.06. The van der Waals surface area contributed by atoms with Gasteiger partial charge in [0.05, 0.1) is 15.6 Å². The molecule has 2 nitrogen and oxygen atoms in total. The van der Waals surface area contributed by atoms with Gasteiger partial charge in [0.15, 0.2) is 0 Å². The summed E-state index contributed by atoms with van der Waals surface area (Å²) >= 11 is 13.1. The first-order valence-electron chi connectivity index (χ1n) is 5.57. The van der Waals surface area contributed by atoms with Crippen molar-refractivity contribution < 1.29 is 14.3 Å². The van der Waals surface area contributed by atoms with Crippen molar-refractivity contribution >= 4 is 40.9 Å². The summed E-state index contributed by atoms with van der Waals surface area (Å²) in [5, 5.41) is 9.77. The summed E-state index contributed by atoms with van der Waals surface area (Å²) in [5.74, 6) is -1.20. The van der Waals surface area contributed by atoms with E-state index in [9.17, 15) is 9.18 Å². The summed E-state index contributed by atoms with van der Waals surface area (Å²) in [6.45, 7) is 0. The molecule has 0 saturated heterocycles. The number of carboxylic acids is 1. The lowest BCUT2D eigenvalue weighted by atomic mass is 10.1. The highest BCUT2D eigenvalue weighted by Gasteiger charge is 2.09. The Hall–Kier alpha value is -1.23. The van der Waals surface area contributed by atoms with E-state index in [4.69, 9.17) is 28.3 Å². The Morgan fingerprint density at radius 1 is 1.15 bits per heavy atom. The highest BCUT2D eigenvalue weighted by atomic mass is 35.5. The maximum atomic E-state index is 13.6. The van der Waals surface area contributed by atoms with E-state index < -0.39 is 11.8 Å². The fourth-order valence-corrected chi connectivity index (χ4v) is 2.82. The molecule has 0 aliphatic heterocycles. The summed E-state index contributed by atoms with van der Waals surface area (Å²) in [5.41, 5.74) is 0.400. The maximum absolute atomic E-state index is 13.6. The average molecular weight is 331 g/mol. The third-order valence-electron chi connectivity index (χ3n) is 2.58. The largest absolute Gasteiger partial charge is 0.478 e. The molecule has 0 radical (unpaired) electrons. The molecule has 0 unspecified atom stereocenters. The zero-order valence-electron chi connectivity index (χ0n) is 10.1. The van der Waals surface area contributed by atoms with Gasteiger partial charge in [0, 0.05) is 10.6 Å². The number of carboxylic acid groups (broad SMARTS) is 1. The van der Waals surface area contributed by atoms with Crippen LogP contribution < -0.4 is 0 Å².